The zero-order valence-electron chi connectivity index (χ0n) is 16.4. The van der Waals surface area contributed by atoms with Crippen LogP contribution in [-0.2, 0) is 11.3 Å². The second kappa shape index (κ2) is 9.56. The van der Waals surface area contributed by atoms with Crippen molar-refractivity contribution in [1.82, 2.24) is 4.90 Å². The van der Waals surface area contributed by atoms with Crippen LogP contribution in [0.5, 0.6) is 11.5 Å². The fourth-order valence-corrected chi connectivity index (χ4v) is 3.30. The maximum Gasteiger partial charge on any atom is 0.387 e. The van der Waals surface area contributed by atoms with E-state index in [9.17, 15) is 13.6 Å². The minimum Gasteiger partial charge on any atom is -0.493 e. The molecule has 0 aromatic heterocycles. The summed E-state index contributed by atoms with van der Waals surface area (Å²) in [5.41, 5.74) is 2.43. The highest BCUT2D eigenvalue weighted by Crippen LogP contribution is 2.30. The van der Waals surface area contributed by atoms with E-state index in [0.717, 1.165) is 24.3 Å². The van der Waals surface area contributed by atoms with E-state index in [1.54, 1.807) is 11.9 Å². The molecule has 1 aliphatic rings. The summed E-state index contributed by atoms with van der Waals surface area (Å²) in [5, 5.41) is 0. The van der Waals surface area contributed by atoms with E-state index in [1.165, 1.54) is 25.3 Å². The van der Waals surface area contributed by atoms with Crippen molar-refractivity contribution in [1.29, 1.82) is 0 Å². The number of halogens is 2. The van der Waals surface area contributed by atoms with Crippen LogP contribution >= 0.6 is 0 Å². The quantitative estimate of drug-likeness (QED) is 0.706. The molecule has 0 spiro atoms. The molecule has 1 saturated heterocycles. The Bertz CT molecular complexity index is 841. The van der Waals surface area contributed by atoms with E-state index < -0.39 is 6.61 Å². The van der Waals surface area contributed by atoms with Crippen molar-refractivity contribution in [3.05, 3.63) is 53.6 Å². The van der Waals surface area contributed by atoms with E-state index >= 15 is 0 Å². The number of alkyl halides is 2. The Balaban J connectivity index is 1.76. The fourth-order valence-electron chi connectivity index (χ4n) is 3.30. The number of rotatable bonds is 7. The standard InChI is InChI=1S/C21H24F2N2O4/c1-24(14-16-5-3-4-6-17(16)25-9-11-28-12-10-25)20(26)15-7-8-18(29-21(22)23)19(13-15)27-2/h3-8,13,21H,9-12,14H2,1-2H3. The number of carbonyl (C=O) groups excluding carboxylic acids is 1. The molecule has 1 heterocycles. The first-order valence-corrected chi connectivity index (χ1v) is 9.28. The van der Waals surface area contributed by atoms with Gasteiger partial charge in [0.05, 0.1) is 20.3 Å². The van der Waals surface area contributed by atoms with E-state index in [1.807, 2.05) is 24.3 Å². The van der Waals surface area contributed by atoms with Crippen LogP contribution in [-0.4, -0.2) is 57.9 Å². The van der Waals surface area contributed by atoms with Crippen molar-refractivity contribution >= 4 is 11.6 Å². The Hall–Kier alpha value is -2.87. The van der Waals surface area contributed by atoms with Crippen molar-refractivity contribution in [2.24, 2.45) is 0 Å². The first kappa shape index (κ1) is 20.9. The van der Waals surface area contributed by atoms with E-state index in [2.05, 4.69) is 9.64 Å². The van der Waals surface area contributed by atoms with Gasteiger partial charge in [0.15, 0.2) is 11.5 Å². The zero-order valence-corrected chi connectivity index (χ0v) is 16.4. The third-order valence-electron chi connectivity index (χ3n) is 4.72. The summed E-state index contributed by atoms with van der Waals surface area (Å²) in [7, 11) is 3.04. The van der Waals surface area contributed by atoms with Crippen LogP contribution in [0.25, 0.3) is 0 Å². The van der Waals surface area contributed by atoms with Gasteiger partial charge in [0.2, 0.25) is 0 Å². The van der Waals surface area contributed by atoms with Crippen LogP contribution in [0.15, 0.2) is 42.5 Å². The van der Waals surface area contributed by atoms with Crippen molar-refractivity contribution in [2.75, 3.05) is 45.4 Å². The first-order chi connectivity index (χ1) is 14.0. The molecule has 29 heavy (non-hydrogen) atoms. The number of nitrogens with zero attached hydrogens (tertiary/aromatic N) is 2. The van der Waals surface area contributed by atoms with Gasteiger partial charge in [-0.05, 0) is 29.8 Å². The predicted octanol–water partition coefficient (Wildman–Crippen LogP) is 3.41. The van der Waals surface area contributed by atoms with Crippen molar-refractivity contribution in [3.63, 3.8) is 0 Å². The molecule has 0 N–H and O–H groups in total. The zero-order chi connectivity index (χ0) is 20.8. The Morgan fingerprint density at radius 3 is 2.59 bits per heavy atom. The van der Waals surface area contributed by atoms with Gasteiger partial charge in [-0.1, -0.05) is 18.2 Å². The van der Waals surface area contributed by atoms with E-state index in [-0.39, 0.29) is 17.4 Å². The van der Waals surface area contributed by atoms with Gasteiger partial charge < -0.3 is 24.0 Å². The molecule has 0 bridgehead atoms. The van der Waals surface area contributed by atoms with E-state index in [0.29, 0.717) is 25.3 Å². The SMILES string of the molecule is COc1cc(C(=O)N(C)Cc2ccccc2N2CCOCC2)ccc1OC(F)F. The second-order valence-corrected chi connectivity index (χ2v) is 6.63. The normalized spacial score (nSPS) is 14.0. The molecule has 1 amide bonds. The molecule has 6 nitrogen and oxygen atoms in total. The van der Waals surface area contributed by atoms with Crippen molar-refractivity contribution < 1.29 is 27.8 Å². The summed E-state index contributed by atoms with van der Waals surface area (Å²) in [6, 6.07) is 12.1. The molecule has 0 aliphatic carbocycles. The van der Waals surface area contributed by atoms with Gasteiger partial charge in [0, 0.05) is 37.9 Å². The summed E-state index contributed by atoms with van der Waals surface area (Å²) in [6.07, 6.45) is 0. The number of para-hydroxylation sites is 1. The molecule has 0 unspecified atom stereocenters. The fraction of sp³-hybridized carbons (Fsp3) is 0.381. The molecule has 2 aromatic carbocycles. The molecule has 1 aliphatic heterocycles. The average molecular weight is 406 g/mol. The number of carbonyl (C=O) groups is 1. The lowest BCUT2D eigenvalue weighted by atomic mass is 10.1. The highest BCUT2D eigenvalue weighted by Gasteiger charge is 2.19. The molecule has 2 aromatic rings. The predicted molar refractivity (Wildman–Crippen MR) is 105 cm³/mol. The van der Waals surface area contributed by atoms with Gasteiger partial charge in [-0.25, -0.2) is 0 Å². The summed E-state index contributed by atoms with van der Waals surface area (Å²) in [5.74, 6) is -0.277. The summed E-state index contributed by atoms with van der Waals surface area (Å²) in [4.78, 5) is 16.7. The van der Waals surface area contributed by atoms with Crippen LogP contribution in [0.2, 0.25) is 0 Å². The number of anilines is 1. The summed E-state index contributed by atoms with van der Waals surface area (Å²) >= 11 is 0. The minimum atomic E-state index is -2.97. The number of methoxy groups -OCH3 is 1. The first-order valence-electron chi connectivity index (χ1n) is 9.28. The number of amides is 1. The molecule has 0 radical (unpaired) electrons. The number of morpholine rings is 1. The molecule has 0 saturated carbocycles. The molecule has 0 atom stereocenters. The smallest absolute Gasteiger partial charge is 0.387 e. The highest BCUT2D eigenvalue weighted by atomic mass is 19.3. The average Bonchev–Trinajstić information content (AvgIpc) is 2.74. The van der Waals surface area contributed by atoms with Gasteiger partial charge in [-0.15, -0.1) is 0 Å². The van der Waals surface area contributed by atoms with Crippen LogP contribution < -0.4 is 14.4 Å². The summed E-state index contributed by atoms with van der Waals surface area (Å²) < 4.78 is 39.9. The van der Waals surface area contributed by atoms with Crippen molar-refractivity contribution in [2.45, 2.75) is 13.2 Å². The number of benzene rings is 2. The number of hydrogen-bond acceptors (Lipinski definition) is 5. The topological polar surface area (TPSA) is 51.2 Å². The number of ether oxygens (including phenoxy) is 3. The van der Waals surface area contributed by atoms with Crippen LogP contribution in [0, 0.1) is 0 Å². The second-order valence-electron chi connectivity index (χ2n) is 6.63. The third kappa shape index (κ3) is 5.14. The van der Waals surface area contributed by atoms with Crippen molar-refractivity contribution in [3.8, 4) is 11.5 Å². The summed E-state index contributed by atoms with van der Waals surface area (Å²) in [6.45, 7) is 0.398. The van der Waals surface area contributed by atoms with Gasteiger partial charge in [-0.2, -0.15) is 8.78 Å². The molecule has 3 rings (SSSR count). The van der Waals surface area contributed by atoms with E-state index in [4.69, 9.17) is 9.47 Å². The lowest BCUT2D eigenvalue weighted by molar-refractivity contribution is -0.0512. The molecular formula is C21H24F2N2O4. The minimum absolute atomic E-state index is 0.0817. The maximum absolute atomic E-state index is 12.9. The molecular weight excluding hydrogens is 382 g/mol. The molecule has 156 valence electrons. The third-order valence-corrected chi connectivity index (χ3v) is 4.72. The molecule has 1 fully saturated rings. The van der Waals surface area contributed by atoms with Gasteiger partial charge in [-0.3, -0.25) is 4.79 Å². The van der Waals surface area contributed by atoms with Crippen LogP contribution in [0.1, 0.15) is 15.9 Å². The van der Waals surface area contributed by atoms with Gasteiger partial charge >= 0.3 is 6.61 Å². The van der Waals surface area contributed by atoms with Gasteiger partial charge in [0.1, 0.15) is 0 Å². The molecule has 8 heteroatoms. The van der Waals surface area contributed by atoms with Crippen LogP contribution in [0.4, 0.5) is 14.5 Å². The monoisotopic (exact) mass is 406 g/mol. The Morgan fingerprint density at radius 1 is 1.17 bits per heavy atom. The highest BCUT2D eigenvalue weighted by molar-refractivity contribution is 5.94. The largest absolute Gasteiger partial charge is 0.493 e. The maximum atomic E-state index is 12.9. The lowest BCUT2D eigenvalue weighted by Crippen LogP contribution is -2.37. The Morgan fingerprint density at radius 2 is 1.90 bits per heavy atom. The lowest BCUT2D eigenvalue weighted by Gasteiger charge is -2.31. The van der Waals surface area contributed by atoms with Gasteiger partial charge in [0.25, 0.3) is 5.91 Å². The van der Waals surface area contributed by atoms with Crippen LogP contribution in [0.3, 0.4) is 0 Å². The Kier molecular flexibility index (Phi) is 6.87. The Labute approximate surface area is 168 Å². The number of hydrogen-bond donors (Lipinski definition) is 0.